The number of carbonyl (C=O) groups is 1. The van der Waals surface area contributed by atoms with E-state index in [0.29, 0.717) is 18.1 Å². The predicted octanol–water partition coefficient (Wildman–Crippen LogP) is 4.62. The molecule has 0 radical (unpaired) electrons. The Morgan fingerprint density at radius 2 is 2.03 bits per heavy atom. The quantitative estimate of drug-likeness (QED) is 0.771. The highest BCUT2D eigenvalue weighted by molar-refractivity contribution is 7.11. The van der Waals surface area contributed by atoms with Crippen molar-refractivity contribution in [3.63, 3.8) is 0 Å². The van der Waals surface area contributed by atoms with Crippen LogP contribution in [-0.4, -0.2) is 40.0 Å². The van der Waals surface area contributed by atoms with Gasteiger partial charge >= 0.3 is 0 Å². The number of aromatic nitrogens is 1. The first-order valence-electron chi connectivity index (χ1n) is 10.6. The number of hydrogen-bond acceptors (Lipinski definition) is 4. The maximum Gasteiger partial charge on any atom is 0.266 e. The third-order valence-corrected chi connectivity index (χ3v) is 8.39. The summed E-state index contributed by atoms with van der Waals surface area (Å²) in [6, 6.07) is 12.1. The van der Waals surface area contributed by atoms with E-state index in [0.717, 1.165) is 23.4 Å². The number of nitrogens with one attached hydrogen (secondary N) is 1. The number of hydrogen-bond donors (Lipinski definition) is 1. The number of nitrogens with zero attached hydrogens (tertiary/aromatic N) is 2. The standard InChI is InChI=1S/C23H29N3OS.ClH/c1-15-21(28-14-24-15)22(27)26-18(12-16-8-4-3-5-9-16)17-13-23(2)19(25-17)10-6-7-11-20(23)26;/h3-5,8-9,14,17-20,25H,6-7,10-13H2,1-2H3;1H/t17-,18-,19-,20+,23-;/m0./s1. The van der Waals surface area contributed by atoms with Crippen molar-refractivity contribution in [1.82, 2.24) is 15.2 Å². The molecule has 4 nitrogen and oxygen atoms in total. The van der Waals surface area contributed by atoms with Gasteiger partial charge in [-0.15, -0.1) is 23.7 Å². The third kappa shape index (κ3) is 3.41. The summed E-state index contributed by atoms with van der Waals surface area (Å²) in [7, 11) is 0. The largest absolute Gasteiger partial charge is 0.329 e. The van der Waals surface area contributed by atoms with E-state index in [2.05, 4.69) is 52.5 Å². The second kappa shape index (κ2) is 8.01. The first-order valence-corrected chi connectivity index (χ1v) is 11.5. The van der Waals surface area contributed by atoms with E-state index in [1.165, 1.54) is 42.6 Å². The van der Waals surface area contributed by atoms with E-state index >= 15 is 0 Å². The van der Waals surface area contributed by atoms with Gasteiger partial charge in [0.15, 0.2) is 0 Å². The van der Waals surface area contributed by atoms with Gasteiger partial charge in [-0.2, -0.15) is 0 Å². The number of thiazole rings is 1. The van der Waals surface area contributed by atoms with E-state index in [-0.39, 0.29) is 29.8 Å². The summed E-state index contributed by atoms with van der Waals surface area (Å²) < 4.78 is 0. The maximum atomic E-state index is 13.8. The molecule has 6 heteroatoms. The SMILES string of the molecule is Cc1ncsc1C(=O)N1[C@@H](Cc2ccccc2)[C@@H]2C[C@@]3(C)[C@H](CCCC[C@@H]13)N2.Cl. The number of aryl methyl sites for hydroxylation is 1. The average Bonchev–Trinajstić information content (AvgIpc) is 3.21. The minimum Gasteiger partial charge on any atom is -0.329 e. The van der Waals surface area contributed by atoms with Crippen molar-refractivity contribution in [3.8, 4) is 0 Å². The zero-order valence-electron chi connectivity index (χ0n) is 17.1. The van der Waals surface area contributed by atoms with Crippen molar-refractivity contribution in [1.29, 1.82) is 0 Å². The lowest BCUT2D eigenvalue weighted by atomic mass is 9.69. The number of halogens is 1. The molecule has 0 spiro atoms. The van der Waals surface area contributed by atoms with Gasteiger partial charge in [0.1, 0.15) is 4.88 Å². The lowest BCUT2D eigenvalue weighted by molar-refractivity contribution is 0.00345. The van der Waals surface area contributed by atoms with Crippen LogP contribution in [0.4, 0.5) is 0 Å². The predicted molar refractivity (Wildman–Crippen MR) is 120 cm³/mol. The van der Waals surface area contributed by atoms with Gasteiger partial charge in [0.05, 0.1) is 17.2 Å². The van der Waals surface area contributed by atoms with Crippen LogP contribution in [0.3, 0.4) is 0 Å². The lowest BCUT2D eigenvalue weighted by Crippen LogP contribution is -2.61. The van der Waals surface area contributed by atoms with Gasteiger partial charge in [-0.05, 0) is 38.2 Å². The summed E-state index contributed by atoms with van der Waals surface area (Å²) in [6.45, 7) is 4.39. The summed E-state index contributed by atoms with van der Waals surface area (Å²) in [5.41, 5.74) is 4.18. The second-order valence-electron chi connectivity index (χ2n) is 9.07. The molecule has 3 fully saturated rings. The minimum atomic E-state index is 0. The monoisotopic (exact) mass is 431 g/mol. The molecule has 1 N–H and O–H groups in total. The normalized spacial score (nSPS) is 33.1. The fourth-order valence-corrected chi connectivity index (χ4v) is 6.81. The van der Waals surface area contributed by atoms with Crippen molar-refractivity contribution in [2.45, 2.75) is 76.5 Å². The van der Waals surface area contributed by atoms with Crippen molar-refractivity contribution in [3.05, 3.63) is 52.0 Å². The highest BCUT2D eigenvalue weighted by atomic mass is 35.5. The number of amides is 1. The molecule has 156 valence electrons. The number of fused-ring (bicyclic) bond motifs is 1. The minimum absolute atomic E-state index is 0. The molecule has 1 amide bonds. The number of rotatable bonds is 3. The fraction of sp³-hybridized carbons (Fsp3) is 0.565. The van der Waals surface area contributed by atoms with Crippen molar-refractivity contribution in [2.75, 3.05) is 0 Å². The van der Waals surface area contributed by atoms with Gasteiger partial charge in [-0.25, -0.2) is 4.98 Å². The summed E-state index contributed by atoms with van der Waals surface area (Å²) in [4.78, 5) is 21.3. The number of carbonyl (C=O) groups excluding carboxylic acids is 1. The molecule has 2 aliphatic heterocycles. The maximum absolute atomic E-state index is 13.8. The van der Waals surface area contributed by atoms with Crippen molar-refractivity contribution < 1.29 is 4.79 Å². The van der Waals surface area contributed by atoms with Gasteiger partial charge in [0.25, 0.3) is 5.91 Å². The van der Waals surface area contributed by atoms with Crippen molar-refractivity contribution >= 4 is 29.7 Å². The molecular weight excluding hydrogens is 402 g/mol. The first kappa shape index (κ1) is 20.8. The van der Waals surface area contributed by atoms with Crippen LogP contribution in [0.1, 0.15) is 60.0 Å². The number of benzene rings is 1. The van der Waals surface area contributed by atoms with Gasteiger partial charge in [0.2, 0.25) is 0 Å². The van der Waals surface area contributed by atoms with Gasteiger partial charge < -0.3 is 10.2 Å². The highest BCUT2D eigenvalue weighted by Gasteiger charge is 2.59. The van der Waals surface area contributed by atoms with Gasteiger partial charge in [-0.3, -0.25) is 4.79 Å². The Morgan fingerprint density at radius 1 is 1.28 bits per heavy atom. The van der Waals surface area contributed by atoms with E-state index in [1.54, 1.807) is 0 Å². The van der Waals surface area contributed by atoms with Crippen LogP contribution in [0.25, 0.3) is 0 Å². The summed E-state index contributed by atoms with van der Waals surface area (Å²) in [5.74, 6) is 0.200. The lowest BCUT2D eigenvalue weighted by Gasteiger charge is -2.51. The molecule has 5 rings (SSSR count). The van der Waals surface area contributed by atoms with Gasteiger partial charge in [0, 0.05) is 23.5 Å². The Balaban J connectivity index is 0.00000205. The van der Waals surface area contributed by atoms with Gasteiger partial charge in [-0.1, -0.05) is 50.1 Å². The summed E-state index contributed by atoms with van der Waals surface area (Å²) >= 11 is 1.50. The van der Waals surface area contributed by atoms with Crippen LogP contribution in [-0.2, 0) is 6.42 Å². The number of piperidine rings is 1. The van der Waals surface area contributed by atoms with Crippen LogP contribution in [0.5, 0.6) is 0 Å². The van der Waals surface area contributed by atoms with E-state index in [4.69, 9.17) is 0 Å². The van der Waals surface area contributed by atoms with Crippen LogP contribution < -0.4 is 5.32 Å². The molecule has 3 aliphatic rings. The molecule has 1 aliphatic carbocycles. The van der Waals surface area contributed by atoms with Crippen LogP contribution in [0.2, 0.25) is 0 Å². The van der Waals surface area contributed by atoms with E-state index < -0.39 is 0 Å². The molecule has 5 atom stereocenters. The first-order chi connectivity index (χ1) is 13.6. The molecule has 29 heavy (non-hydrogen) atoms. The Hall–Kier alpha value is -1.43. The fourth-order valence-electron chi connectivity index (χ4n) is 6.06. The Bertz CT molecular complexity index is 872. The molecule has 2 saturated heterocycles. The molecular formula is C23H30ClN3OS. The molecule has 1 aromatic carbocycles. The van der Waals surface area contributed by atoms with E-state index in [9.17, 15) is 4.79 Å². The molecule has 0 unspecified atom stereocenters. The van der Waals surface area contributed by atoms with Crippen LogP contribution in [0, 0.1) is 12.3 Å². The second-order valence-corrected chi connectivity index (χ2v) is 9.93. The van der Waals surface area contributed by atoms with E-state index in [1.807, 2.05) is 12.4 Å². The smallest absolute Gasteiger partial charge is 0.266 e. The molecule has 2 bridgehead atoms. The topological polar surface area (TPSA) is 45.2 Å². The van der Waals surface area contributed by atoms with Crippen LogP contribution >= 0.6 is 23.7 Å². The Morgan fingerprint density at radius 3 is 2.76 bits per heavy atom. The van der Waals surface area contributed by atoms with Crippen molar-refractivity contribution in [2.24, 2.45) is 5.41 Å². The highest BCUT2D eigenvalue weighted by Crippen LogP contribution is 2.51. The average molecular weight is 432 g/mol. The molecule has 1 saturated carbocycles. The molecule has 1 aromatic heterocycles. The zero-order valence-corrected chi connectivity index (χ0v) is 18.8. The third-order valence-electron chi connectivity index (χ3n) is 7.47. The molecule has 3 heterocycles. The number of likely N-dealkylation sites (tertiary alicyclic amines) is 1. The molecule has 2 aromatic rings. The Labute approximate surface area is 183 Å². The zero-order chi connectivity index (χ0) is 19.3. The summed E-state index contributed by atoms with van der Waals surface area (Å²) in [5, 5.41) is 3.97. The summed E-state index contributed by atoms with van der Waals surface area (Å²) in [6.07, 6.45) is 6.94. The van der Waals surface area contributed by atoms with Crippen LogP contribution in [0.15, 0.2) is 35.8 Å². The Kier molecular flexibility index (Phi) is 5.75.